The summed E-state index contributed by atoms with van der Waals surface area (Å²) >= 11 is 0. The van der Waals surface area contributed by atoms with Crippen LogP contribution in [-0.4, -0.2) is 79.2 Å². The summed E-state index contributed by atoms with van der Waals surface area (Å²) in [6.07, 6.45) is 11.4. The van der Waals surface area contributed by atoms with Crippen LogP contribution in [0.2, 0.25) is 6.04 Å². The zero-order valence-corrected chi connectivity index (χ0v) is 23.4. The van der Waals surface area contributed by atoms with Crippen molar-refractivity contribution in [3.8, 4) is 0 Å². The van der Waals surface area contributed by atoms with Gasteiger partial charge in [0.25, 0.3) is 0 Å². The first-order chi connectivity index (χ1) is 16.0. The van der Waals surface area contributed by atoms with Crippen molar-refractivity contribution in [2.24, 2.45) is 0 Å². The highest BCUT2D eigenvalue weighted by atomic mass is 28.4. The molecule has 0 unspecified atom stereocenters. The van der Waals surface area contributed by atoms with E-state index in [2.05, 4.69) is 6.58 Å². The average Bonchev–Trinajstić information content (AvgIpc) is 2.85. The average molecular weight is 511 g/mol. The van der Waals surface area contributed by atoms with E-state index < -0.39 is 17.9 Å². The van der Waals surface area contributed by atoms with Gasteiger partial charge in [-0.15, -0.1) is 0 Å². The SMILES string of the molecule is C=CC(=O)OCCCCCCCO[Si](CCCCCCCO[Si](OC)(OC)OC)(OC)OC. The van der Waals surface area contributed by atoms with Crippen LogP contribution in [0.15, 0.2) is 12.7 Å². The van der Waals surface area contributed by atoms with Crippen LogP contribution in [0.5, 0.6) is 0 Å². The number of ether oxygens (including phenoxy) is 1. The molecule has 11 heteroatoms. The largest absolute Gasteiger partial charge is 0.678 e. The van der Waals surface area contributed by atoms with Crippen molar-refractivity contribution in [2.75, 3.05) is 55.4 Å². The van der Waals surface area contributed by atoms with Gasteiger partial charge in [0.15, 0.2) is 0 Å². The van der Waals surface area contributed by atoms with Gasteiger partial charge in [-0.3, -0.25) is 0 Å². The Bertz CT molecular complexity index is 478. The third-order valence-electron chi connectivity index (χ3n) is 5.30. The molecule has 0 radical (unpaired) electrons. The first-order valence-electron chi connectivity index (χ1n) is 11.8. The fraction of sp³-hybridized carbons (Fsp3) is 0.864. The molecule has 0 aliphatic rings. The van der Waals surface area contributed by atoms with Crippen molar-refractivity contribution in [2.45, 2.75) is 70.3 Å². The van der Waals surface area contributed by atoms with E-state index in [-0.39, 0.29) is 5.97 Å². The number of hydrogen-bond donors (Lipinski definition) is 0. The molecule has 0 fully saturated rings. The Balaban J connectivity index is 3.86. The summed E-state index contributed by atoms with van der Waals surface area (Å²) in [7, 11) is 2.44. The van der Waals surface area contributed by atoms with Gasteiger partial charge in [-0.2, -0.15) is 0 Å². The zero-order chi connectivity index (χ0) is 24.8. The number of hydrogen-bond acceptors (Lipinski definition) is 9. The molecule has 0 aromatic rings. The molecule has 0 saturated carbocycles. The Morgan fingerprint density at radius 2 is 1.09 bits per heavy atom. The van der Waals surface area contributed by atoms with Gasteiger partial charge in [-0.25, -0.2) is 4.79 Å². The Morgan fingerprint density at radius 3 is 1.58 bits per heavy atom. The topological polar surface area (TPSA) is 90.9 Å². The summed E-state index contributed by atoms with van der Waals surface area (Å²) in [5, 5.41) is 0. The molecule has 0 aliphatic carbocycles. The quantitative estimate of drug-likeness (QED) is 0.0817. The normalized spacial score (nSPS) is 12.2. The van der Waals surface area contributed by atoms with Crippen LogP contribution in [0, 0.1) is 0 Å². The van der Waals surface area contributed by atoms with E-state index in [4.69, 9.17) is 35.7 Å². The maximum Gasteiger partial charge on any atom is 0.678 e. The van der Waals surface area contributed by atoms with Gasteiger partial charge < -0.3 is 35.7 Å². The van der Waals surface area contributed by atoms with Crippen molar-refractivity contribution in [1.82, 2.24) is 0 Å². The zero-order valence-electron chi connectivity index (χ0n) is 21.4. The monoisotopic (exact) mass is 510 g/mol. The van der Waals surface area contributed by atoms with E-state index in [0.29, 0.717) is 19.8 Å². The smallest absolute Gasteiger partial charge is 0.463 e. The van der Waals surface area contributed by atoms with Crippen LogP contribution in [0.4, 0.5) is 0 Å². The molecule has 0 aliphatic heterocycles. The molecule has 0 amide bonds. The molecule has 0 heterocycles. The van der Waals surface area contributed by atoms with Crippen molar-refractivity contribution in [1.29, 1.82) is 0 Å². The molecule has 0 N–H and O–H groups in total. The minimum Gasteiger partial charge on any atom is -0.463 e. The minimum absolute atomic E-state index is 0.360. The summed E-state index contributed by atoms with van der Waals surface area (Å²) in [6, 6.07) is 0.818. The van der Waals surface area contributed by atoms with E-state index in [1.165, 1.54) is 27.4 Å². The van der Waals surface area contributed by atoms with E-state index in [1.807, 2.05) is 0 Å². The van der Waals surface area contributed by atoms with Gasteiger partial charge >= 0.3 is 23.8 Å². The molecule has 0 rings (SSSR count). The van der Waals surface area contributed by atoms with Gasteiger partial charge in [-0.05, 0) is 25.7 Å². The lowest BCUT2D eigenvalue weighted by Crippen LogP contribution is -2.46. The van der Waals surface area contributed by atoms with Gasteiger partial charge in [0.05, 0.1) is 6.61 Å². The first-order valence-corrected chi connectivity index (χ1v) is 15.4. The fourth-order valence-electron chi connectivity index (χ4n) is 3.27. The predicted molar refractivity (Wildman–Crippen MR) is 131 cm³/mol. The lowest BCUT2D eigenvalue weighted by atomic mass is 10.1. The summed E-state index contributed by atoms with van der Waals surface area (Å²) in [6.45, 7) is 5.02. The van der Waals surface area contributed by atoms with Crippen molar-refractivity contribution >= 4 is 23.8 Å². The number of carbonyl (C=O) groups is 1. The number of unbranched alkanes of at least 4 members (excludes halogenated alkanes) is 8. The van der Waals surface area contributed by atoms with Gasteiger partial charge in [0, 0.05) is 60.9 Å². The van der Waals surface area contributed by atoms with E-state index in [1.54, 1.807) is 14.2 Å². The fourth-order valence-corrected chi connectivity index (χ4v) is 6.61. The van der Waals surface area contributed by atoms with Crippen LogP contribution >= 0.6 is 0 Å². The minimum atomic E-state index is -2.93. The molecular weight excluding hydrogens is 464 g/mol. The lowest BCUT2D eigenvalue weighted by molar-refractivity contribution is -0.137. The molecule has 33 heavy (non-hydrogen) atoms. The molecule has 0 spiro atoms. The summed E-state index contributed by atoms with van der Waals surface area (Å²) in [4.78, 5) is 11.0. The number of esters is 1. The molecule has 196 valence electrons. The molecule has 0 aromatic carbocycles. The Hall–Kier alpha value is -0.636. The van der Waals surface area contributed by atoms with Crippen LogP contribution in [0.3, 0.4) is 0 Å². The van der Waals surface area contributed by atoms with Gasteiger partial charge in [0.1, 0.15) is 0 Å². The highest BCUT2D eigenvalue weighted by Gasteiger charge is 2.42. The molecular formula is C22H46O9Si2. The summed E-state index contributed by atoms with van der Waals surface area (Å²) in [5.41, 5.74) is 0. The van der Waals surface area contributed by atoms with Crippen molar-refractivity contribution < 1.29 is 40.5 Å². The second kappa shape index (κ2) is 20.7. The highest BCUT2D eigenvalue weighted by molar-refractivity contribution is 6.60. The standard InChI is InChI=1S/C22H46O9Si2/c1-7-22(23)29-18-14-10-8-11-15-19-30-32(24-2,25-3)21-17-13-9-12-16-20-31-33(26-4,27-5)28-6/h7H,1,8-21H2,2-6H3. The lowest BCUT2D eigenvalue weighted by Gasteiger charge is -2.26. The molecule has 0 bridgehead atoms. The van der Waals surface area contributed by atoms with Crippen LogP contribution in [0.1, 0.15) is 64.2 Å². The molecule has 0 atom stereocenters. The third kappa shape index (κ3) is 15.1. The molecule has 0 aromatic heterocycles. The van der Waals surface area contributed by atoms with Crippen LogP contribution in [0.25, 0.3) is 0 Å². The summed E-state index contributed by atoms with van der Waals surface area (Å²) < 4.78 is 43.8. The van der Waals surface area contributed by atoms with Crippen molar-refractivity contribution in [3.63, 3.8) is 0 Å². The molecule has 9 nitrogen and oxygen atoms in total. The second-order valence-electron chi connectivity index (χ2n) is 7.56. The van der Waals surface area contributed by atoms with Crippen LogP contribution < -0.4 is 0 Å². The number of carbonyl (C=O) groups excluding carboxylic acids is 1. The van der Waals surface area contributed by atoms with E-state index in [0.717, 1.165) is 70.3 Å². The Kier molecular flexibility index (Phi) is 20.3. The van der Waals surface area contributed by atoms with Gasteiger partial charge in [0.2, 0.25) is 0 Å². The first kappa shape index (κ1) is 32.4. The highest BCUT2D eigenvalue weighted by Crippen LogP contribution is 2.20. The van der Waals surface area contributed by atoms with Crippen LogP contribution in [-0.2, 0) is 40.5 Å². The maximum absolute atomic E-state index is 11.0. The second-order valence-corrected chi connectivity index (χ2v) is 13.0. The van der Waals surface area contributed by atoms with Crippen molar-refractivity contribution in [3.05, 3.63) is 12.7 Å². The third-order valence-corrected chi connectivity index (χ3v) is 10.2. The summed E-state index contributed by atoms with van der Waals surface area (Å²) in [5.74, 6) is -0.360. The van der Waals surface area contributed by atoms with E-state index >= 15 is 0 Å². The Morgan fingerprint density at radius 1 is 0.636 bits per heavy atom. The maximum atomic E-state index is 11.0. The Labute approximate surface area is 202 Å². The molecule has 0 saturated heterocycles. The number of rotatable bonds is 24. The van der Waals surface area contributed by atoms with E-state index in [9.17, 15) is 4.79 Å². The van der Waals surface area contributed by atoms with Gasteiger partial charge in [-0.1, -0.05) is 45.1 Å². The predicted octanol–water partition coefficient (Wildman–Crippen LogP) is 4.26.